The maximum absolute atomic E-state index is 12.7. The average molecular weight is 486 g/mol. The summed E-state index contributed by atoms with van der Waals surface area (Å²) < 4.78 is 27.0. The van der Waals surface area contributed by atoms with Crippen LogP contribution in [0, 0.1) is 0 Å². The monoisotopic (exact) mass is 485 g/mol. The minimum Gasteiger partial charge on any atom is -0.352 e. The lowest BCUT2D eigenvalue weighted by Gasteiger charge is -2.25. The fourth-order valence-corrected chi connectivity index (χ4v) is 5.35. The summed E-state index contributed by atoms with van der Waals surface area (Å²) in [5, 5.41) is 5.58. The Morgan fingerprint density at radius 1 is 0.882 bits per heavy atom. The maximum Gasteiger partial charge on any atom is 0.251 e. The summed E-state index contributed by atoms with van der Waals surface area (Å²) in [5.74, 6) is -0.396. The molecule has 7 nitrogen and oxygen atoms in total. The van der Waals surface area contributed by atoms with E-state index in [-0.39, 0.29) is 35.1 Å². The molecule has 0 aromatic heterocycles. The van der Waals surface area contributed by atoms with Gasteiger partial charge in [-0.1, -0.05) is 51.5 Å². The van der Waals surface area contributed by atoms with Crippen LogP contribution in [0.4, 0.5) is 0 Å². The van der Waals surface area contributed by atoms with Crippen LogP contribution in [0.1, 0.15) is 67.9 Å². The first-order valence-electron chi connectivity index (χ1n) is 11.8. The highest BCUT2D eigenvalue weighted by atomic mass is 32.2. The number of amides is 2. The van der Waals surface area contributed by atoms with E-state index in [1.54, 1.807) is 40.7 Å². The van der Waals surface area contributed by atoms with Gasteiger partial charge < -0.3 is 10.6 Å². The molecular formula is C26H35N3O4S. The summed E-state index contributed by atoms with van der Waals surface area (Å²) >= 11 is 0. The van der Waals surface area contributed by atoms with Gasteiger partial charge in [0.25, 0.3) is 5.91 Å². The number of sulfonamides is 1. The van der Waals surface area contributed by atoms with Crippen molar-refractivity contribution in [1.82, 2.24) is 14.9 Å². The largest absolute Gasteiger partial charge is 0.352 e. The van der Waals surface area contributed by atoms with E-state index in [0.717, 1.165) is 30.4 Å². The topological polar surface area (TPSA) is 95.6 Å². The normalized spacial score (nSPS) is 15.0. The summed E-state index contributed by atoms with van der Waals surface area (Å²) in [6, 6.07) is 14.1. The number of piperidine rings is 1. The molecule has 0 radical (unpaired) electrons. The molecular weight excluding hydrogens is 450 g/mol. The van der Waals surface area contributed by atoms with Gasteiger partial charge in [-0.25, -0.2) is 8.42 Å². The summed E-state index contributed by atoms with van der Waals surface area (Å²) in [5.41, 5.74) is 2.55. The molecule has 3 rings (SSSR count). The first kappa shape index (κ1) is 25.9. The third-order valence-electron chi connectivity index (χ3n) is 6.02. The van der Waals surface area contributed by atoms with Gasteiger partial charge in [-0.3, -0.25) is 9.59 Å². The van der Waals surface area contributed by atoms with Gasteiger partial charge >= 0.3 is 0 Å². The molecule has 2 amide bonds. The highest BCUT2D eigenvalue weighted by molar-refractivity contribution is 7.89. The molecule has 0 spiro atoms. The second-order valence-electron chi connectivity index (χ2n) is 9.72. The Morgan fingerprint density at radius 2 is 1.50 bits per heavy atom. The van der Waals surface area contributed by atoms with E-state index in [1.807, 2.05) is 12.1 Å². The second kappa shape index (κ2) is 11.1. The highest BCUT2D eigenvalue weighted by Crippen LogP contribution is 2.22. The molecule has 1 fully saturated rings. The van der Waals surface area contributed by atoms with E-state index < -0.39 is 10.0 Å². The van der Waals surface area contributed by atoms with Gasteiger partial charge in [-0.2, -0.15) is 4.31 Å². The van der Waals surface area contributed by atoms with Crippen molar-refractivity contribution >= 4 is 21.8 Å². The predicted molar refractivity (Wildman–Crippen MR) is 133 cm³/mol. The van der Waals surface area contributed by atoms with E-state index in [1.165, 1.54) is 0 Å². The van der Waals surface area contributed by atoms with Crippen molar-refractivity contribution in [2.24, 2.45) is 0 Å². The molecule has 2 N–H and O–H groups in total. The Morgan fingerprint density at radius 3 is 2.09 bits per heavy atom. The van der Waals surface area contributed by atoms with Crippen molar-refractivity contribution in [1.29, 1.82) is 0 Å². The van der Waals surface area contributed by atoms with Crippen molar-refractivity contribution in [2.45, 2.75) is 63.3 Å². The Hall–Kier alpha value is -2.71. The molecule has 8 heteroatoms. The number of nitrogens with zero attached hydrogens (tertiary/aromatic N) is 1. The summed E-state index contributed by atoms with van der Waals surface area (Å²) in [7, 11) is -3.46. The summed E-state index contributed by atoms with van der Waals surface area (Å²) in [6.07, 6.45) is 3.02. The zero-order chi connectivity index (χ0) is 24.8. The molecule has 1 aliphatic rings. The lowest BCUT2D eigenvalue weighted by Crippen LogP contribution is -2.35. The van der Waals surface area contributed by atoms with Crippen molar-refractivity contribution in [3.05, 3.63) is 65.2 Å². The average Bonchev–Trinajstić information content (AvgIpc) is 2.83. The van der Waals surface area contributed by atoms with Crippen LogP contribution in [0.15, 0.2) is 53.4 Å². The standard InChI is InChI=1S/C26H35N3O4S/c1-26(2,3)22-11-9-21(10-12-22)25(31)27-16-15-24(30)28-19-20-7-13-23(14-8-20)34(32,33)29-17-5-4-6-18-29/h7-14H,4-6,15-19H2,1-3H3,(H,27,31)(H,28,30). The SMILES string of the molecule is CC(C)(C)c1ccc(C(=O)NCCC(=O)NCc2ccc(S(=O)(=O)N3CCCCC3)cc2)cc1. The molecule has 2 aromatic carbocycles. The lowest BCUT2D eigenvalue weighted by molar-refractivity contribution is -0.121. The highest BCUT2D eigenvalue weighted by Gasteiger charge is 2.25. The van der Waals surface area contributed by atoms with Gasteiger partial charge in [-0.05, 0) is 53.6 Å². The van der Waals surface area contributed by atoms with Gasteiger partial charge in [0.2, 0.25) is 15.9 Å². The Balaban J connectivity index is 1.42. The number of carbonyl (C=O) groups excluding carboxylic acids is 2. The van der Waals surface area contributed by atoms with Gasteiger partial charge in [0.1, 0.15) is 0 Å². The van der Waals surface area contributed by atoms with Crippen LogP contribution in [0.2, 0.25) is 0 Å². The van der Waals surface area contributed by atoms with E-state index in [2.05, 4.69) is 31.4 Å². The predicted octanol–water partition coefficient (Wildman–Crippen LogP) is 3.60. The third kappa shape index (κ3) is 6.90. The molecule has 1 aliphatic heterocycles. The van der Waals surface area contributed by atoms with Crippen LogP contribution in [0.3, 0.4) is 0 Å². The number of nitrogens with one attached hydrogen (secondary N) is 2. The van der Waals surface area contributed by atoms with E-state index in [9.17, 15) is 18.0 Å². The first-order valence-corrected chi connectivity index (χ1v) is 13.3. The van der Waals surface area contributed by atoms with Crippen molar-refractivity contribution in [3.8, 4) is 0 Å². The zero-order valence-corrected chi connectivity index (χ0v) is 21.1. The summed E-state index contributed by atoms with van der Waals surface area (Å²) in [4.78, 5) is 24.7. The second-order valence-corrected chi connectivity index (χ2v) is 11.7. The fraction of sp³-hybridized carbons (Fsp3) is 0.462. The van der Waals surface area contributed by atoms with Gasteiger partial charge in [0.15, 0.2) is 0 Å². The molecule has 1 saturated heterocycles. The Bertz CT molecular complexity index is 1080. The molecule has 184 valence electrons. The molecule has 2 aromatic rings. The summed E-state index contributed by atoms with van der Waals surface area (Å²) in [6.45, 7) is 8.02. The van der Waals surface area contributed by atoms with Crippen molar-refractivity contribution < 1.29 is 18.0 Å². The van der Waals surface area contributed by atoms with Crippen LogP contribution >= 0.6 is 0 Å². The van der Waals surface area contributed by atoms with Crippen LogP contribution in [0.25, 0.3) is 0 Å². The van der Waals surface area contributed by atoms with Crippen molar-refractivity contribution in [3.63, 3.8) is 0 Å². The molecule has 1 heterocycles. The molecule has 0 saturated carbocycles. The molecule has 0 bridgehead atoms. The molecule has 0 unspecified atom stereocenters. The van der Waals surface area contributed by atoms with Crippen LogP contribution in [0.5, 0.6) is 0 Å². The molecule has 0 aliphatic carbocycles. The number of hydrogen-bond acceptors (Lipinski definition) is 4. The maximum atomic E-state index is 12.7. The number of carbonyl (C=O) groups is 2. The fourth-order valence-electron chi connectivity index (χ4n) is 3.84. The lowest BCUT2D eigenvalue weighted by atomic mass is 9.87. The quantitative estimate of drug-likeness (QED) is 0.597. The van der Waals surface area contributed by atoms with E-state index >= 15 is 0 Å². The number of benzene rings is 2. The number of rotatable bonds is 8. The van der Waals surface area contributed by atoms with Crippen molar-refractivity contribution in [2.75, 3.05) is 19.6 Å². The minimum atomic E-state index is -3.46. The minimum absolute atomic E-state index is 0.0228. The van der Waals surface area contributed by atoms with Gasteiger partial charge in [-0.15, -0.1) is 0 Å². The first-order chi connectivity index (χ1) is 16.1. The zero-order valence-electron chi connectivity index (χ0n) is 20.3. The third-order valence-corrected chi connectivity index (χ3v) is 7.93. The Labute approximate surface area is 203 Å². The molecule has 0 atom stereocenters. The van der Waals surface area contributed by atoms with Crippen LogP contribution in [-0.2, 0) is 26.8 Å². The van der Waals surface area contributed by atoms with E-state index in [4.69, 9.17) is 0 Å². The van der Waals surface area contributed by atoms with Crippen LogP contribution < -0.4 is 10.6 Å². The smallest absolute Gasteiger partial charge is 0.251 e. The van der Waals surface area contributed by atoms with Gasteiger partial charge in [0.05, 0.1) is 4.90 Å². The number of hydrogen-bond donors (Lipinski definition) is 2. The van der Waals surface area contributed by atoms with E-state index in [0.29, 0.717) is 25.2 Å². The van der Waals surface area contributed by atoms with Gasteiger partial charge in [0, 0.05) is 38.2 Å². The molecule has 34 heavy (non-hydrogen) atoms. The van der Waals surface area contributed by atoms with Crippen LogP contribution in [-0.4, -0.2) is 44.2 Å². The Kier molecular flexibility index (Phi) is 8.49.